The van der Waals surface area contributed by atoms with Crippen molar-refractivity contribution in [2.45, 2.75) is 66.2 Å². The molecule has 0 aliphatic carbocycles. The summed E-state index contributed by atoms with van der Waals surface area (Å²) in [5.74, 6) is 1.12. The van der Waals surface area contributed by atoms with Gasteiger partial charge in [-0.1, -0.05) is 26.8 Å². The maximum Gasteiger partial charge on any atom is 0.226 e. The molecule has 0 spiro atoms. The number of imidazole rings is 1. The number of hydrogen-bond donors (Lipinski definition) is 3. The van der Waals surface area contributed by atoms with E-state index in [1.165, 1.54) is 0 Å². The summed E-state index contributed by atoms with van der Waals surface area (Å²) in [6, 6.07) is 4.18. The van der Waals surface area contributed by atoms with Gasteiger partial charge in [-0.25, -0.2) is 4.98 Å². The van der Waals surface area contributed by atoms with Gasteiger partial charge in [0.25, 0.3) is 0 Å². The molecule has 3 aromatic rings. The van der Waals surface area contributed by atoms with Crippen LogP contribution in [0.25, 0.3) is 11.2 Å². The SMILES string of the molecule is CC.CCC(C)n1cnc2c(NCc3cccnc3)nc(NCC(C)(C)O)nc21. The largest absolute Gasteiger partial charge is 0.389 e. The lowest BCUT2D eigenvalue weighted by atomic mass is 10.1. The van der Waals surface area contributed by atoms with Gasteiger partial charge in [-0.3, -0.25) is 4.98 Å². The number of aromatic nitrogens is 5. The number of anilines is 2. The van der Waals surface area contributed by atoms with Crippen molar-refractivity contribution in [1.29, 1.82) is 0 Å². The Bertz CT molecular complexity index is 887. The molecule has 0 amide bonds. The van der Waals surface area contributed by atoms with Crippen molar-refractivity contribution in [2.24, 2.45) is 0 Å². The standard InChI is InChI=1S/C19H27N7O.C2H6/c1-5-13(2)26-12-23-15-16(21-10-14-7-6-8-20-9-14)24-18(25-17(15)26)22-11-19(3,4)27;1-2/h6-9,12-13,27H,5,10-11H2,1-4H3,(H2,21,22,24,25);1-2H3. The van der Waals surface area contributed by atoms with Crippen molar-refractivity contribution in [3.05, 3.63) is 36.4 Å². The van der Waals surface area contributed by atoms with Crippen molar-refractivity contribution in [3.8, 4) is 0 Å². The lowest BCUT2D eigenvalue weighted by molar-refractivity contribution is 0.0943. The van der Waals surface area contributed by atoms with Crippen molar-refractivity contribution in [1.82, 2.24) is 24.5 Å². The summed E-state index contributed by atoms with van der Waals surface area (Å²) in [6.45, 7) is 12.7. The third-order valence-electron chi connectivity index (χ3n) is 4.35. The highest BCUT2D eigenvalue weighted by Crippen LogP contribution is 2.25. The lowest BCUT2D eigenvalue weighted by Crippen LogP contribution is -2.30. The van der Waals surface area contributed by atoms with Gasteiger partial charge in [-0.05, 0) is 38.8 Å². The summed E-state index contributed by atoms with van der Waals surface area (Å²) >= 11 is 0. The van der Waals surface area contributed by atoms with E-state index in [2.05, 4.69) is 49.0 Å². The summed E-state index contributed by atoms with van der Waals surface area (Å²) in [4.78, 5) is 17.9. The number of nitrogens with one attached hydrogen (secondary N) is 2. The van der Waals surface area contributed by atoms with Gasteiger partial charge in [-0.15, -0.1) is 0 Å². The van der Waals surface area contributed by atoms with Gasteiger partial charge in [0.05, 0.1) is 11.9 Å². The third-order valence-corrected chi connectivity index (χ3v) is 4.35. The number of pyridine rings is 1. The first-order chi connectivity index (χ1) is 13.9. The molecule has 0 saturated heterocycles. The summed E-state index contributed by atoms with van der Waals surface area (Å²) < 4.78 is 2.06. The first-order valence-electron chi connectivity index (χ1n) is 10.2. The molecule has 3 N–H and O–H groups in total. The number of hydrogen-bond acceptors (Lipinski definition) is 7. The Labute approximate surface area is 172 Å². The zero-order chi connectivity index (χ0) is 21.4. The Morgan fingerprint density at radius 2 is 1.97 bits per heavy atom. The molecule has 8 nitrogen and oxygen atoms in total. The van der Waals surface area contributed by atoms with E-state index in [4.69, 9.17) is 0 Å². The molecule has 0 saturated carbocycles. The minimum Gasteiger partial charge on any atom is -0.389 e. The first-order valence-corrected chi connectivity index (χ1v) is 10.2. The fourth-order valence-corrected chi connectivity index (χ4v) is 2.62. The van der Waals surface area contributed by atoms with Gasteiger partial charge >= 0.3 is 0 Å². The molecule has 0 aliphatic rings. The van der Waals surface area contributed by atoms with Crippen LogP contribution < -0.4 is 10.6 Å². The molecule has 3 heterocycles. The van der Waals surface area contributed by atoms with Gasteiger partial charge in [-0.2, -0.15) is 9.97 Å². The zero-order valence-corrected chi connectivity index (χ0v) is 18.3. The Balaban J connectivity index is 0.00000145. The number of rotatable bonds is 8. The minimum absolute atomic E-state index is 0.276. The fraction of sp³-hybridized carbons (Fsp3) is 0.524. The predicted octanol–water partition coefficient (Wildman–Crippen LogP) is 4.01. The van der Waals surface area contributed by atoms with Crippen LogP contribution in [0.4, 0.5) is 11.8 Å². The average molecular weight is 400 g/mol. The first kappa shape index (κ1) is 22.5. The molecule has 0 aromatic carbocycles. The highest BCUT2D eigenvalue weighted by Gasteiger charge is 2.18. The maximum absolute atomic E-state index is 10.00. The van der Waals surface area contributed by atoms with Gasteiger partial charge in [0.2, 0.25) is 5.95 Å². The van der Waals surface area contributed by atoms with E-state index in [-0.39, 0.29) is 6.04 Å². The van der Waals surface area contributed by atoms with E-state index in [0.717, 1.165) is 23.1 Å². The second-order valence-corrected chi connectivity index (χ2v) is 7.36. The summed E-state index contributed by atoms with van der Waals surface area (Å²) in [7, 11) is 0. The van der Waals surface area contributed by atoms with E-state index in [0.29, 0.717) is 24.9 Å². The molecule has 0 bridgehead atoms. The second kappa shape index (κ2) is 10.2. The second-order valence-electron chi connectivity index (χ2n) is 7.36. The zero-order valence-electron chi connectivity index (χ0n) is 18.3. The molecule has 158 valence electrons. The van der Waals surface area contributed by atoms with Crippen LogP contribution >= 0.6 is 0 Å². The number of fused-ring (bicyclic) bond motifs is 1. The van der Waals surface area contributed by atoms with Crippen molar-refractivity contribution >= 4 is 22.9 Å². The monoisotopic (exact) mass is 399 g/mol. The van der Waals surface area contributed by atoms with Crippen LogP contribution in [0.3, 0.4) is 0 Å². The molecule has 29 heavy (non-hydrogen) atoms. The van der Waals surface area contributed by atoms with Crippen LogP contribution in [0, 0.1) is 0 Å². The fourth-order valence-electron chi connectivity index (χ4n) is 2.62. The van der Waals surface area contributed by atoms with Gasteiger partial charge in [0.1, 0.15) is 0 Å². The van der Waals surface area contributed by atoms with E-state index >= 15 is 0 Å². The Kier molecular flexibility index (Phi) is 7.90. The van der Waals surface area contributed by atoms with E-state index in [1.807, 2.05) is 38.5 Å². The maximum atomic E-state index is 10.00. The normalized spacial score (nSPS) is 12.2. The molecule has 3 aromatic heterocycles. The quantitative estimate of drug-likeness (QED) is 0.526. The third kappa shape index (κ3) is 6.12. The van der Waals surface area contributed by atoms with E-state index in [1.54, 1.807) is 20.0 Å². The molecule has 1 unspecified atom stereocenters. The van der Waals surface area contributed by atoms with Crippen LogP contribution in [0.5, 0.6) is 0 Å². The minimum atomic E-state index is -0.863. The average Bonchev–Trinajstić information content (AvgIpc) is 3.16. The van der Waals surface area contributed by atoms with Crippen LogP contribution in [0.2, 0.25) is 0 Å². The molecule has 0 radical (unpaired) electrons. The molecule has 0 fully saturated rings. The lowest BCUT2D eigenvalue weighted by Gasteiger charge is -2.18. The van der Waals surface area contributed by atoms with E-state index in [9.17, 15) is 5.11 Å². The van der Waals surface area contributed by atoms with Crippen LogP contribution in [-0.2, 0) is 6.54 Å². The van der Waals surface area contributed by atoms with E-state index < -0.39 is 5.60 Å². The summed E-state index contributed by atoms with van der Waals surface area (Å²) in [5, 5.41) is 16.5. The molecular formula is C21H33N7O. The van der Waals surface area contributed by atoms with Crippen LogP contribution in [0.1, 0.15) is 59.6 Å². The molecule has 3 rings (SSSR count). The Hall–Kier alpha value is -2.74. The summed E-state index contributed by atoms with van der Waals surface area (Å²) in [5.41, 5.74) is 1.69. The highest BCUT2D eigenvalue weighted by molar-refractivity contribution is 5.84. The highest BCUT2D eigenvalue weighted by atomic mass is 16.3. The Morgan fingerprint density at radius 1 is 1.21 bits per heavy atom. The predicted molar refractivity (Wildman–Crippen MR) is 118 cm³/mol. The van der Waals surface area contributed by atoms with Gasteiger partial charge in [0, 0.05) is 31.5 Å². The molecule has 0 aliphatic heterocycles. The van der Waals surface area contributed by atoms with Crippen LogP contribution in [-0.4, -0.2) is 41.8 Å². The van der Waals surface area contributed by atoms with Crippen molar-refractivity contribution < 1.29 is 5.11 Å². The molecule has 1 atom stereocenters. The molecule has 8 heteroatoms. The number of aliphatic hydroxyl groups is 1. The number of nitrogens with zero attached hydrogens (tertiary/aromatic N) is 5. The van der Waals surface area contributed by atoms with Crippen LogP contribution in [0.15, 0.2) is 30.9 Å². The van der Waals surface area contributed by atoms with Crippen molar-refractivity contribution in [3.63, 3.8) is 0 Å². The Morgan fingerprint density at radius 3 is 2.59 bits per heavy atom. The van der Waals surface area contributed by atoms with Gasteiger partial charge in [0.15, 0.2) is 17.0 Å². The molecular weight excluding hydrogens is 366 g/mol. The smallest absolute Gasteiger partial charge is 0.226 e. The topological polar surface area (TPSA) is 101 Å². The summed E-state index contributed by atoms with van der Waals surface area (Å²) in [6.07, 6.45) is 6.35. The van der Waals surface area contributed by atoms with Gasteiger partial charge < -0.3 is 20.3 Å². The van der Waals surface area contributed by atoms with Crippen molar-refractivity contribution in [2.75, 3.05) is 17.2 Å².